The molecule has 0 bridgehead atoms. The number of nitrogens with zero attached hydrogens (tertiary/aromatic N) is 1. The van der Waals surface area contributed by atoms with E-state index in [0.717, 1.165) is 27.5 Å². The van der Waals surface area contributed by atoms with Gasteiger partial charge in [-0.2, -0.15) is 0 Å². The molecular formula is C20H15N3O. The van der Waals surface area contributed by atoms with Crippen molar-refractivity contribution in [2.24, 2.45) is 0 Å². The maximum absolute atomic E-state index is 12.3. The molecule has 24 heavy (non-hydrogen) atoms. The van der Waals surface area contributed by atoms with E-state index in [1.807, 2.05) is 66.7 Å². The molecule has 0 radical (unpaired) electrons. The van der Waals surface area contributed by atoms with Crippen molar-refractivity contribution in [2.75, 3.05) is 5.43 Å². The number of anilines is 1. The minimum absolute atomic E-state index is 0.180. The van der Waals surface area contributed by atoms with E-state index in [1.165, 1.54) is 0 Å². The van der Waals surface area contributed by atoms with Crippen LogP contribution in [0.2, 0.25) is 0 Å². The number of aromatic nitrogens is 1. The van der Waals surface area contributed by atoms with Gasteiger partial charge in [-0.1, -0.05) is 54.6 Å². The first-order chi connectivity index (χ1) is 11.8. The Labute approximate surface area is 139 Å². The van der Waals surface area contributed by atoms with Crippen LogP contribution in [0.3, 0.4) is 0 Å². The number of rotatable bonds is 3. The molecule has 0 aliphatic rings. The number of carbonyl (C=O) groups is 1. The standard InChI is InChI=1S/C20H15N3O/c24-20(14-8-2-1-3-9-14)23-22-19-15-10-4-6-12-17(15)21-18-13-7-5-11-16(18)19/h1-13H,(H,21,22)(H,23,24). The first kappa shape index (κ1) is 14.2. The molecule has 0 spiro atoms. The molecule has 4 heteroatoms. The molecular weight excluding hydrogens is 298 g/mol. The van der Waals surface area contributed by atoms with Crippen molar-refractivity contribution >= 4 is 33.4 Å². The highest BCUT2D eigenvalue weighted by atomic mass is 16.2. The van der Waals surface area contributed by atoms with E-state index in [1.54, 1.807) is 12.1 Å². The Morgan fingerprint density at radius 2 is 1.25 bits per heavy atom. The molecule has 0 aliphatic carbocycles. The molecule has 3 aromatic carbocycles. The maximum Gasteiger partial charge on any atom is 0.269 e. The molecule has 116 valence electrons. The van der Waals surface area contributed by atoms with Crippen LogP contribution in [-0.4, -0.2) is 10.9 Å². The maximum atomic E-state index is 12.3. The van der Waals surface area contributed by atoms with Crippen LogP contribution >= 0.6 is 0 Å². The summed E-state index contributed by atoms with van der Waals surface area (Å²) < 4.78 is 0. The summed E-state index contributed by atoms with van der Waals surface area (Å²) in [5.41, 5.74) is 9.09. The number of amides is 1. The number of pyridine rings is 1. The summed E-state index contributed by atoms with van der Waals surface area (Å²) in [6.45, 7) is 0. The molecule has 0 aliphatic heterocycles. The van der Waals surface area contributed by atoms with Crippen molar-refractivity contribution < 1.29 is 4.79 Å². The number of benzene rings is 3. The highest BCUT2D eigenvalue weighted by molar-refractivity contribution is 6.08. The second-order valence-electron chi connectivity index (χ2n) is 5.47. The SMILES string of the molecule is O=C(NNc1c2ccccc2nc2ccccc12)c1ccccc1. The average Bonchev–Trinajstić information content (AvgIpc) is 2.65. The number of nitrogens with one attached hydrogen (secondary N) is 2. The molecule has 0 saturated heterocycles. The molecule has 1 aromatic heterocycles. The van der Waals surface area contributed by atoms with E-state index in [4.69, 9.17) is 0 Å². The van der Waals surface area contributed by atoms with Crippen LogP contribution in [0.5, 0.6) is 0 Å². The van der Waals surface area contributed by atoms with Gasteiger partial charge in [0, 0.05) is 16.3 Å². The molecule has 4 rings (SSSR count). The van der Waals surface area contributed by atoms with E-state index in [2.05, 4.69) is 15.8 Å². The molecule has 2 N–H and O–H groups in total. The molecule has 1 heterocycles. The van der Waals surface area contributed by atoms with Crippen molar-refractivity contribution in [2.45, 2.75) is 0 Å². The third-order valence-corrected chi connectivity index (χ3v) is 3.92. The van der Waals surface area contributed by atoms with Gasteiger partial charge in [0.15, 0.2) is 0 Å². The van der Waals surface area contributed by atoms with Gasteiger partial charge < -0.3 is 0 Å². The Bertz CT molecular complexity index is 975. The second kappa shape index (κ2) is 6.01. The van der Waals surface area contributed by atoms with Crippen LogP contribution in [0.4, 0.5) is 5.69 Å². The monoisotopic (exact) mass is 313 g/mol. The first-order valence-corrected chi connectivity index (χ1v) is 7.72. The van der Waals surface area contributed by atoms with Crippen LogP contribution in [0.1, 0.15) is 10.4 Å². The Balaban J connectivity index is 1.75. The Morgan fingerprint density at radius 1 is 0.708 bits per heavy atom. The average molecular weight is 313 g/mol. The molecule has 4 aromatic rings. The van der Waals surface area contributed by atoms with E-state index in [0.29, 0.717) is 5.56 Å². The largest absolute Gasteiger partial charge is 0.297 e. The Hall–Kier alpha value is -3.40. The van der Waals surface area contributed by atoms with Crippen molar-refractivity contribution in [3.05, 3.63) is 84.4 Å². The third-order valence-electron chi connectivity index (χ3n) is 3.92. The summed E-state index contributed by atoms with van der Waals surface area (Å²) >= 11 is 0. The number of carbonyl (C=O) groups excluding carboxylic acids is 1. The van der Waals surface area contributed by atoms with Crippen LogP contribution in [0.15, 0.2) is 78.9 Å². The predicted octanol–water partition coefficient (Wildman–Crippen LogP) is 4.14. The smallest absolute Gasteiger partial charge is 0.269 e. The van der Waals surface area contributed by atoms with Gasteiger partial charge in [0.25, 0.3) is 5.91 Å². The van der Waals surface area contributed by atoms with Crippen LogP contribution in [0, 0.1) is 0 Å². The van der Waals surface area contributed by atoms with Gasteiger partial charge in [-0.15, -0.1) is 0 Å². The van der Waals surface area contributed by atoms with Gasteiger partial charge in [-0.05, 0) is 24.3 Å². The lowest BCUT2D eigenvalue weighted by molar-refractivity contribution is 0.0963. The van der Waals surface area contributed by atoms with Crippen LogP contribution in [-0.2, 0) is 0 Å². The van der Waals surface area contributed by atoms with Crippen molar-refractivity contribution in [1.82, 2.24) is 10.4 Å². The molecule has 0 fully saturated rings. The number of hydrazine groups is 1. The van der Waals surface area contributed by atoms with Crippen molar-refractivity contribution in [3.8, 4) is 0 Å². The zero-order valence-corrected chi connectivity index (χ0v) is 12.9. The Kier molecular flexibility index (Phi) is 3.56. The number of fused-ring (bicyclic) bond motifs is 2. The fourth-order valence-corrected chi connectivity index (χ4v) is 2.76. The highest BCUT2D eigenvalue weighted by Gasteiger charge is 2.10. The number of para-hydroxylation sites is 2. The Morgan fingerprint density at radius 3 is 1.88 bits per heavy atom. The molecule has 0 unspecified atom stereocenters. The van der Waals surface area contributed by atoms with Gasteiger partial charge in [0.05, 0.1) is 16.7 Å². The minimum Gasteiger partial charge on any atom is -0.297 e. The lowest BCUT2D eigenvalue weighted by atomic mass is 10.1. The van der Waals surface area contributed by atoms with Crippen molar-refractivity contribution in [1.29, 1.82) is 0 Å². The van der Waals surface area contributed by atoms with Gasteiger partial charge in [-0.25, -0.2) is 4.98 Å². The molecule has 0 atom stereocenters. The number of hydrogen-bond donors (Lipinski definition) is 2. The second-order valence-corrected chi connectivity index (χ2v) is 5.47. The first-order valence-electron chi connectivity index (χ1n) is 7.72. The third kappa shape index (κ3) is 2.54. The zero-order valence-electron chi connectivity index (χ0n) is 12.9. The molecule has 0 saturated carbocycles. The van der Waals surface area contributed by atoms with E-state index >= 15 is 0 Å². The van der Waals surface area contributed by atoms with Crippen molar-refractivity contribution in [3.63, 3.8) is 0 Å². The summed E-state index contributed by atoms with van der Waals surface area (Å²) in [7, 11) is 0. The van der Waals surface area contributed by atoms with Gasteiger partial charge in [0.1, 0.15) is 0 Å². The van der Waals surface area contributed by atoms with Gasteiger partial charge in [0.2, 0.25) is 0 Å². The van der Waals surface area contributed by atoms with E-state index in [-0.39, 0.29) is 5.91 Å². The number of hydrogen-bond acceptors (Lipinski definition) is 3. The van der Waals surface area contributed by atoms with E-state index < -0.39 is 0 Å². The minimum atomic E-state index is -0.180. The zero-order chi connectivity index (χ0) is 16.4. The fraction of sp³-hybridized carbons (Fsp3) is 0. The normalized spacial score (nSPS) is 10.7. The summed E-state index contributed by atoms with van der Waals surface area (Å²) in [6.07, 6.45) is 0. The van der Waals surface area contributed by atoms with E-state index in [9.17, 15) is 4.79 Å². The topological polar surface area (TPSA) is 54.0 Å². The molecule has 4 nitrogen and oxygen atoms in total. The van der Waals surface area contributed by atoms with Crippen LogP contribution < -0.4 is 10.9 Å². The van der Waals surface area contributed by atoms with Crippen LogP contribution in [0.25, 0.3) is 21.8 Å². The quantitative estimate of drug-likeness (QED) is 0.441. The van der Waals surface area contributed by atoms with Gasteiger partial charge in [-0.3, -0.25) is 15.6 Å². The summed E-state index contributed by atoms with van der Waals surface area (Å²) in [5.74, 6) is -0.180. The molecule has 1 amide bonds. The summed E-state index contributed by atoms with van der Waals surface area (Å²) in [4.78, 5) is 17.0. The predicted molar refractivity (Wildman–Crippen MR) is 96.8 cm³/mol. The lowest BCUT2D eigenvalue weighted by Gasteiger charge is -2.14. The fourth-order valence-electron chi connectivity index (χ4n) is 2.76. The highest BCUT2D eigenvalue weighted by Crippen LogP contribution is 2.29. The summed E-state index contributed by atoms with van der Waals surface area (Å²) in [5, 5.41) is 1.93. The summed E-state index contributed by atoms with van der Waals surface area (Å²) in [6, 6.07) is 24.9. The van der Waals surface area contributed by atoms with Gasteiger partial charge >= 0.3 is 0 Å². The lowest BCUT2D eigenvalue weighted by Crippen LogP contribution is -2.29.